The fourth-order valence-corrected chi connectivity index (χ4v) is 4.33. The largest absolute Gasteiger partial charge is 0.343 e. The Kier molecular flexibility index (Phi) is 5.91. The van der Waals surface area contributed by atoms with Gasteiger partial charge in [0.15, 0.2) is 0 Å². The summed E-state index contributed by atoms with van der Waals surface area (Å²) in [7, 11) is 0. The van der Waals surface area contributed by atoms with E-state index in [0.717, 1.165) is 31.5 Å². The first kappa shape index (κ1) is 18.1. The standard InChI is InChI=1S/C19H22N2O2S2/c1-14-6-8-15(9-7-14)13-16-18(23)21(19(24)25-16)12-4-5-17(22)20-10-2-3-11-20/h6-9,13H,2-5,10-12H2,1H3. The second-order valence-electron chi connectivity index (χ2n) is 6.44. The normalized spacial score (nSPS) is 19.3. The van der Waals surface area contributed by atoms with Gasteiger partial charge in [-0.25, -0.2) is 0 Å². The number of likely N-dealkylation sites (tertiary alicyclic amines) is 1. The van der Waals surface area contributed by atoms with Crippen LogP contribution in [0, 0.1) is 6.92 Å². The topological polar surface area (TPSA) is 40.6 Å². The second kappa shape index (κ2) is 8.15. The molecule has 2 heterocycles. The Morgan fingerprint density at radius 1 is 1.24 bits per heavy atom. The number of thioether (sulfide) groups is 1. The number of benzene rings is 1. The van der Waals surface area contributed by atoms with Crippen LogP contribution in [-0.2, 0) is 9.59 Å². The summed E-state index contributed by atoms with van der Waals surface area (Å²) in [6.07, 6.45) is 5.22. The summed E-state index contributed by atoms with van der Waals surface area (Å²) in [6.45, 7) is 4.29. The number of carbonyl (C=O) groups is 2. The molecule has 2 fully saturated rings. The van der Waals surface area contributed by atoms with Crippen molar-refractivity contribution in [3.05, 3.63) is 40.3 Å². The summed E-state index contributed by atoms with van der Waals surface area (Å²) in [5.41, 5.74) is 2.18. The molecule has 0 aromatic heterocycles. The van der Waals surface area contributed by atoms with Crippen molar-refractivity contribution in [1.29, 1.82) is 0 Å². The number of rotatable bonds is 5. The Morgan fingerprint density at radius 3 is 2.60 bits per heavy atom. The van der Waals surface area contributed by atoms with Crippen LogP contribution in [0.5, 0.6) is 0 Å². The summed E-state index contributed by atoms with van der Waals surface area (Å²) in [6, 6.07) is 8.04. The van der Waals surface area contributed by atoms with Crippen molar-refractivity contribution in [3.8, 4) is 0 Å². The Bertz CT molecular complexity index is 707. The zero-order chi connectivity index (χ0) is 17.8. The molecule has 1 aromatic rings. The molecule has 0 N–H and O–H groups in total. The van der Waals surface area contributed by atoms with E-state index in [2.05, 4.69) is 0 Å². The molecule has 0 spiro atoms. The van der Waals surface area contributed by atoms with Gasteiger partial charge < -0.3 is 4.90 Å². The first-order valence-corrected chi connectivity index (χ1v) is 9.87. The molecule has 0 saturated carbocycles. The highest BCUT2D eigenvalue weighted by Gasteiger charge is 2.31. The number of hydrogen-bond donors (Lipinski definition) is 0. The molecule has 25 heavy (non-hydrogen) atoms. The Morgan fingerprint density at radius 2 is 1.92 bits per heavy atom. The van der Waals surface area contributed by atoms with E-state index in [4.69, 9.17) is 12.2 Å². The lowest BCUT2D eigenvalue weighted by Crippen LogP contribution is -2.31. The van der Waals surface area contributed by atoms with Gasteiger partial charge in [-0.15, -0.1) is 0 Å². The van der Waals surface area contributed by atoms with Gasteiger partial charge in [0.2, 0.25) is 5.91 Å². The molecule has 2 saturated heterocycles. The minimum atomic E-state index is -0.0517. The highest BCUT2D eigenvalue weighted by molar-refractivity contribution is 8.26. The van der Waals surface area contributed by atoms with Crippen LogP contribution in [0.4, 0.5) is 0 Å². The quantitative estimate of drug-likeness (QED) is 0.583. The van der Waals surface area contributed by atoms with Crippen molar-refractivity contribution in [3.63, 3.8) is 0 Å². The minimum absolute atomic E-state index is 0.0517. The number of amides is 2. The van der Waals surface area contributed by atoms with Gasteiger partial charge >= 0.3 is 0 Å². The van der Waals surface area contributed by atoms with E-state index < -0.39 is 0 Å². The van der Waals surface area contributed by atoms with Crippen molar-refractivity contribution < 1.29 is 9.59 Å². The molecule has 2 amide bonds. The van der Waals surface area contributed by atoms with Gasteiger partial charge in [-0.05, 0) is 37.8 Å². The van der Waals surface area contributed by atoms with Crippen LogP contribution in [-0.4, -0.2) is 45.6 Å². The molecule has 132 valence electrons. The van der Waals surface area contributed by atoms with E-state index in [1.54, 1.807) is 4.90 Å². The van der Waals surface area contributed by atoms with E-state index in [0.29, 0.717) is 28.6 Å². The minimum Gasteiger partial charge on any atom is -0.343 e. The molecular weight excluding hydrogens is 352 g/mol. The summed E-state index contributed by atoms with van der Waals surface area (Å²) in [5.74, 6) is 0.141. The highest BCUT2D eigenvalue weighted by Crippen LogP contribution is 2.32. The fraction of sp³-hybridized carbons (Fsp3) is 0.421. The fourth-order valence-electron chi connectivity index (χ4n) is 3.02. The summed E-state index contributed by atoms with van der Waals surface area (Å²) < 4.78 is 0.581. The molecule has 0 aliphatic carbocycles. The van der Waals surface area contributed by atoms with E-state index in [1.807, 2.05) is 42.2 Å². The average Bonchev–Trinajstić information content (AvgIpc) is 3.21. The molecule has 3 rings (SSSR count). The molecule has 2 aliphatic heterocycles. The number of aryl methyl sites for hydroxylation is 1. The third-order valence-electron chi connectivity index (χ3n) is 4.48. The monoisotopic (exact) mass is 374 g/mol. The lowest BCUT2D eigenvalue weighted by molar-refractivity contribution is -0.130. The molecule has 1 aromatic carbocycles. The second-order valence-corrected chi connectivity index (χ2v) is 8.11. The zero-order valence-electron chi connectivity index (χ0n) is 14.4. The van der Waals surface area contributed by atoms with Crippen molar-refractivity contribution in [2.24, 2.45) is 0 Å². The van der Waals surface area contributed by atoms with E-state index >= 15 is 0 Å². The van der Waals surface area contributed by atoms with Crippen molar-refractivity contribution in [2.45, 2.75) is 32.6 Å². The van der Waals surface area contributed by atoms with Gasteiger partial charge in [0.1, 0.15) is 4.32 Å². The predicted molar refractivity (Wildman–Crippen MR) is 106 cm³/mol. The van der Waals surface area contributed by atoms with Crippen molar-refractivity contribution in [2.75, 3.05) is 19.6 Å². The van der Waals surface area contributed by atoms with E-state index in [9.17, 15) is 9.59 Å². The van der Waals surface area contributed by atoms with Gasteiger partial charge in [0.25, 0.3) is 5.91 Å². The van der Waals surface area contributed by atoms with Gasteiger partial charge in [-0.2, -0.15) is 0 Å². The van der Waals surface area contributed by atoms with Crippen LogP contribution in [0.15, 0.2) is 29.2 Å². The molecule has 6 heteroatoms. The number of hydrogen-bond acceptors (Lipinski definition) is 4. The third kappa shape index (κ3) is 4.50. The third-order valence-corrected chi connectivity index (χ3v) is 5.86. The summed E-state index contributed by atoms with van der Waals surface area (Å²) >= 11 is 6.69. The molecule has 0 atom stereocenters. The lowest BCUT2D eigenvalue weighted by atomic mass is 10.1. The summed E-state index contributed by atoms with van der Waals surface area (Å²) in [5, 5.41) is 0. The van der Waals surface area contributed by atoms with Crippen LogP contribution in [0.1, 0.15) is 36.8 Å². The molecule has 0 unspecified atom stereocenters. The Labute approximate surface area is 158 Å². The Balaban J connectivity index is 1.55. The van der Waals surface area contributed by atoms with Gasteiger partial charge in [-0.3, -0.25) is 14.5 Å². The zero-order valence-corrected chi connectivity index (χ0v) is 16.0. The van der Waals surface area contributed by atoms with Gasteiger partial charge in [0, 0.05) is 26.1 Å². The van der Waals surface area contributed by atoms with E-state index in [-0.39, 0.29) is 11.8 Å². The molecular formula is C19H22N2O2S2. The number of nitrogens with zero attached hydrogens (tertiary/aromatic N) is 2. The maximum absolute atomic E-state index is 12.6. The predicted octanol–water partition coefficient (Wildman–Crippen LogP) is 3.60. The molecule has 4 nitrogen and oxygen atoms in total. The van der Waals surface area contributed by atoms with Crippen molar-refractivity contribution in [1.82, 2.24) is 9.80 Å². The first-order valence-electron chi connectivity index (χ1n) is 8.64. The van der Waals surface area contributed by atoms with Gasteiger partial charge in [0.05, 0.1) is 4.91 Å². The Hall–Kier alpha value is -1.66. The van der Waals surface area contributed by atoms with Crippen LogP contribution >= 0.6 is 24.0 Å². The smallest absolute Gasteiger partial charge is 0.266 e. The number of carbonyl (C=O) groups excluding carboxylic acids is 2. The number of thiocarbonyl (C=S) groups is 1. The van der Waals surface area contributed by atoms with Crippen LogP contribution < -0.4 is 0 Å². The average molecular weight is 375 g/mol. The molecule has 0 bridgehead atoms. The van der Waals surface area contributed by atoms with E-state index in [1.165, 1.54) is 17.3 Å². The van der Waals surface area contributed by atoms with Crippen LogP contribution in [0.25, 0.3) is 6.08 Å². The highest BCUT2D eigenvalue weighted by atomic mass is 32.2. The first-order chi connectivity index (χ1) is 12.0. The van der Waals surface area contributed by atoms with Gasteiger partial charge in [-0.1, -0.05) is 53.8 Å². The maximum atomic E-state index is 12.6. The molecule has 2 aliphatic rings. The van der Waals surface area contributed by atoms with Crippen LogP contribution in [0.2, 0.25) is 0 Å². The SMILES string of the molecule is Cc1ccc(C=C2SC(=S)N(CCCC(=O)N3CCCC3)C2=O)cc1. The van der Waals surface area contributed by atoms with Crippen LogP contribution in [0.3, 0.4) is 0 Å². The lowest BCUT2D eigenvalue weighted by Gasteiger charge is -2.17. The maximum Gasteiger partial charge on any atom is 0.266 e. The molecule has 0 radical (unpaired) electrons. The van der Waals surface area contributed by atoms with Crippen molar-refractivity contribution >= 4 is 46.2 Å². The summed E-state index contributed by atoms with van der Waals surface area (Å²) in [4.78, 5) is 28.9.